The second kappa shape index (κ2) is 5.31. The van der Waals surface area contributed by atoms with E-state index in [0.717, 1.165) is 25.3 Å². The second-order valence-corrected chi connectivity index (χ2v) is 5.41. The number of anilines is 1. The highest BCUT2D eigenvalue weighted by Gasteiger charge is 2.36. The van der Waals surface area contributed by atoms with Gasteiger partial charge in [-0.05, 0) is 19.3 Å². The second-order valence-electron chi connectivity index (χ2n) is 5.41. The van der Waals surface area contributed by atoms with Gasteiger partial charge in [0.25, 0.3) is 0 Å². The average molecular weight is 250 g/mol. The summed E-state index contributed by atoms with van der Waals surface area (Å²) in [5.41, 5.74) is 0.253. The van der Waals surface area contributed by atoms with Crippen LogP contribution >= 0.6 is 0 Å². The van der Waals surface area contributed by atoms with Crippen molar-refractivity contribution in [2.24, 2.45) is 7.05 Å². The lowest BCUT2D eigenvalue weighted by atomic mass is 9.88. The van der Waals surface area contributed by atoms with Crippen molar-refractivity contribution >= 4 is 5.82 Å². The molecule has 1 fully saturated rings. The highest BCUT2D eigenvalue weighted by Crippen LogP contribution is 2.27. The van der Waals surface area contributed by atoms with Gasteiger partial charge in [0.05, 0.1) is 0 Å². The first-order chi connectivity index (χ1) is 8.64. The van der Waals surface area contributed by atoms with Crippen molar-refractivity contribution in [2.75, 3.05) is 18.0 Å². The summed E-state index contributed by atoms with van der Waals surface area (Å²) in [7, 11) is 1.99. The highest BCUT2D eigenvalue weighted by atomic mass is 15.4. The first-order valence-corrected chi connectivity index (χ1v) is 7.15. The highest BCUT2D eigenvalue weighted by molar-refractivity contribution is 5.40. The third-order valence-corrected chi connectivity index (χ3v) is 4.45. The Morgan fingerprint density at radius 1 is 1.39 bits per heavy atom. The predicted molar refractivity (Wildman–Crippen MR) is 75.9 cm³/mol. The molecule has 1 saturated heterocycles. The molecule has 1 aromatic rings. The van der Waals surface area contributed by atoms with Crippen LogP contribution < -0.4 is 10.2 Å². The standard InChI is InChI=1S/C14H26N4/c1-5-12-10-15-14(6-2,7-3)11-18(12)13-8-9-17(4)16-13/h8-9,12,15H,5-7,10-11H2,1-4H3. The minimum atomic E-state index is 0.253. The summed E-state index contributed by atoms with van der Waals surface area (Å²) in [6.45, 7) is 8.94. The smallest absolute Gasteiger partial charge is 0.150 e. The number of aryl methyl sites for hydroxylation is 1. The van der Waals surface area contributed by atoms with Crippen molar-refractivity contribution in [1.82, 2.24) is 15.1 Å². The molecule has 1 aromatic heterocycles. The lowest BCUT2D eigenvalue weighted by Gasteiger charge is -2.47. The molecular weight excluding hydrogens is 224 g/mol. The van der Waals surface area contributed by atoms with E-state index in [1.807, 2.05) is 17.9 Å². The van der Waals surface area contributed by atoms with Crippen molar-refractivity contribution in [3.05, 3.63) is 12.3 Å². The van der Waals surface area contributed by atoms with E-state index >= 15 is 0 Å². The van der Waals surface area contributed by atoms with Crippen LogP contribution in [0.1, 0.15) is 40.0 Å². The summed E-state index contributed by atoms with van der Waals surface area (Å²) in [5.74, 6) is 1.12. The summed E-state index contributed by atoms with van der Waals surface area (Å²) in [4.78, 5) is 2.49. The average Bonchev–Trinajstić information content (AvgIpc) is 2.84. The van der Waals surface area contributed by atoms with E-state index in [1.165, 1.54) is 12.8 Å². The van der Waals surface area contributed by atoms with E-state index in [2.05, 4.69) is 42.2 Å². The van der Waals surface area contributed by atoms with Gasteiger partial charge in [0, 0.05) is 44.0 Å². The Labute approximate surface area is 110 Å². The van der Waals surface area contributed by atoms with Crippen LogP contribution in [0.3, 0.4) is 0 Å². The molecule has 18 heavy (non-hydrogen) atoms. The summed E-state index contributed by atoms with van der Waals surface area (Å²) in [6.07, 6.45) is 5.53. The molecule has 2 rings (SSSR count). The number of piperazine rings is 1. The number of nitrogens with zero attached hydrogens (tertiary/aromatic N) is 3. The van der Waals surface area contributed by atoms with Gasteiger partial charge in [0.15, 0.2) is 5.82 Å². The molecule has 1 unspecified atom stereocenters. The molecule has 102 valence electrons. The molecule has 4 heteroatoms. The van der Waals surface area contributed by atoms with Crippen molar-refractivity contribution in [3.63, 3.8) is 0 Å². The molecule has 0 bridgehead atoms. The summed E-state index contributed by atoms with van der Waals surface area (Å²) in [5, 5.41) is 8.34. The summed E-state index contributed by atoms with van der Waals surface area (Å²) < 4.78 is 1.89. The predicted octanol–water partition coefficient (Wildman–Crippen LogP) is 2.17. The molecule has 0 aliphatic carbocycles. The van der Waals surface area contributed by atoms with Crippen LogP contribution in [-0.4, -0.2) is 34.5 Å². The maximum absolute atomic E-state index is 4.58. The Hall–Kier alpha value is -1.03. The van der Waals surface area contributed by atoms with Crippen molar-refractivity contribution < 1.29 is 0 Å². The Morgan fingerprint density at radius 3 is 2.61 bits per heavy atom. The third-order valence-electron chi connectivity index (χ3n) is 4.45. The van der Waals surface area contributed by atoms with E-state index in [9.17, 15) is 0 Å². The fraction of sp³-hybridized carbons (Fsp3) is 0.786. The van der Waals surface area contributed by atoms with E-state index in [-0.39, 0.29) is 5.54 Å². The van der Waals surface area contributed by atoms with Crippen molar-refractivity contribution in [2.45, 2.75) is 51.6 Å². The largest absolute Gasteiger partial charge is 0.349 e. The SMILES string of the molecule is CCC1CNC(CC)(CC)CN1c1ccn(C)n1. The maximum atomic E-state index is 4.58. The number of hydrogen-bond acceptors (Lipinski definition) is 3. The Bertz CT molecular complexity index is 381. The van der Waals surface area contributed by atoms with E-state index in [4.69, 9.17) is 0 Å². The molecule has 4 nitrogen and oxygen atoms in total. The zero-order chi connectivity index (χ0) is 13.2. The quantitative estimate of drug-likeness (QED) is 0.889. The fourth-order valence-electron chi connectivity index (χ4n) is 2.87. The molecule has 1 atom stereocenters. The van der Waals surface area contributed by atoms with Crippen LogP contribution in [0, 0.1) is 0 Å². The molecular formula is C14H26N4. The Kier molecular flexibility index (Phi) is 3.95. The lowest BCUT2D eigenvalue weighted by Crippen LogP contribution is -2.64. The first-order valence-electron chi connectivity index (χ1n) is 7.15. The van der Waals surface area contributed by atoms with E-state index in [0.29, 0.717) is 6.04 Å². The van der Waals surface area contributed by atoms with Gasteiger partial charge in [-0.15, -0.1) is 0 Å². The van der Waals surface area contributed by atoms with Gasteiger partial charge in [-0.2, -0.15) is 5.10 Å². The molecule has 1 N–H and O–H groups in total. The van der Waals surface area contributed by atoms with Crippen molar-refractivity contribution in [3.8, 4) is 0 Å². The van der Waals surface area contributed by atoms with Gasteiger partial charge in [0.2, 0.25) is 0 Å². The van der Waals surface area contributed by atoms with Gasteiger partial charge < -0.3 is 10.2 Å². The minimum absolute atomic E-state index is 0.253. The van der Waals surface area contributed by atoms with Crippen LogP contribution in [0.5, 0.6) is 0 Å². The number of nitrogens with one attached hydrogen (secondary N) is 1. The molecule has 1 aliphatic heterocycles. The van der Waals surface area contributed by atoms with Gasteiger partial charge in [-0.1, -0.05) is 20.8 Å². The maximum Gasteiger partial charge on any atom is 0.150 e. The van der Waals surface area contributed by atoms with E-state index in [1.54, 1.807) is 0 Å². The van der Waals surface area contributed by atoms with E-state index < -0.39 is 0 Å². The Morgan fingerprint density at radius 2 is 2.11 bits per heavy atom. The normalized spacial score (nSPS) is 23.3. The molecule has 0 amide bonds. The van der Waals surface area contributed by atoms with Crippen LogP contribution in [0.4, 0.5) is 5.82 Å². The zero-order valence-electron chi connectivity index (χ0n) is 12.1. The monoisotopic (exact) mass is 250 g/mol. The minimum Gasteiger partial charge on any atom is -0.349 e. The number of rotatable bonds is 4. The van der Waals surface area contributed by atoms with Gasteiger partial charge in [-0.25, -0.2) is 0 Å². The fourth-order valence-corrected chi connectivity index (χ4v) is 2.87. The molecule has 1 aliphatic rings. The molecule has 0 spiro atoms. The molecule has 0 saturated carbocycles. The van der Waals surface area contributed by atoms with Crippen LogP contribution in [0.15, 0.2) is 12.3 Å². The molecule has 2 heterocycles. The molecule has 0 radical (unpaired) electrons. The van der Waals surface area contributed by atoms with Gasteiger partial charge >= 0.3 is 0 Å². The van der Waals surface area contributed by atoms with Crippen LogP contribution in [0.2, 0.25) is 0 Å². The number of aromatic nitrogens is 2. The Balaban J connectivity index is 2.23. The summed E-state index contributed by atoms with van der Waals surface area (Å²) >= 11 is 0. The third kappa shape index (κ3) is 2.39. The zero-order valence-corrected chi connectivity index (χ0v) is 12.1. The van der Waals surface area contributed by atoms with Gasteiger partial charge in [-0.3, -0.25) is 4.68 Å². The van der Waals surface area contributed by atoms with Crippen molar-refractivity contribution in [1.29, 1.82) is 0 Å². The first kappa shape index (κ1) is 13.4. The number of hydrogen-bond donors (Lipinski definition) is 1. The van der Waals surface area contributed by atoms with Crippen LogP contribution in [0.25, 0.3) is 0 Å². The molecule has 0 aromatic carbocycles. The summed E-state index contributed by atoms with van der Waals surface area (Å²) in [6, 6.07) is 2.69. The van der Waals surface area contributed by atoms with Crippen LogP contribution in [-0.2, 0) is 7.05 Å². The van der Waals surface area contributed by atoms with Gasteiger partial charge in [0.1, 0.15) is 0 Å². The lowest BCUT2D eigenvalue weighted by molar-refractivity contribution is 0.245. The topological polar surface area (TPSA) is 33.1 Å².